The van der Waals surface area contributed by atoms with Gasteiger partial charge in [-0.2, -0.15) is 18.3 Å². The molecule has 6 rings (SSSR count). The van der Waals surface area contributed by atoms with E-state index in [-0.39, 0.29) is 6.10 Å². The van der Waals surface area contributed by atoms with Gasteiger partial charge < -0.3 is 9.64 Å². The van der Waals surface area contributed by atoms with Crippen LogP contribution in [0.3, 0.4) is 0 Å². The average molecular weight is 496 g/mol. The predicted molar refractivity (Wildman–Crippen MR) is 126 cm³/mol. The summed E-state index contributed by atoms with van der Waals surface area (Å²) < 4.78 is 47.3. The van der Waals surface area contributed by atoms with Crippen molar-refractivity contribution in [2.24, 2.45) is 0 Å². The summed E-state index contributed by atoms with van der Waals surface area (Å²) in [7, 11) is 0. The number of rotatable bonds is 4. The van der Waals surface area contributed by atoms with Gasteiger partial charge in [-0.25, -0.2) is 15.0 Å². The molecule has 4 aromatic heterocycles. The Morgan fingerprint density at radius 2 is 1.83 bits per heavy atom. The van der Waals surface area contributed by atoms with Gasteiger partial charge in [0.1, 0.15) is 28.8 Å². The highest BCUT2D eigenvalue weighted by Gasteiger charge is 2.32. The number of nitrogens with zero attached hydrogens (tertiary/aromatic N) is 7. The summed E-state index contributed by atoms with van der Waals surface area (Å²) >= 11 is 0. The maximum absolute atomic E-state index is 13.1. The molecular weight excluding hydrogens is 471 g/mol. The van der Waals surface area contributed by atoms with Crippen molar-refractivity contribution in [3.05, 3.63) is 59.4 Å². The van der Waals surface area contributed by atoms with E-state index in [1.165, 1.54) is 12.3 Å². The molecule has 1 aliphatic heterocycles. The first kappa shape index (κ1) is 22.8. The van der Waals surface area contributed by atoms with Crippen molar-refractivity contribution in [1.29, 1.82) is 0 Å². The lowest BCUT2D eigenvalue weighted by molar-refractivity contribution is -0.141. The van der Waals surface area contributed by atoms with E-state index in [9.17, 15) is 13.2 Å². The van der Waals surface area contributed by atoms with Gasteiger partial charge in [-0.3, -0.25) is 9.67 Å². The van der Waals surface area contributed by atoms with Crippen LogP contribution in [0.5, 0.6) is 0 Å². The molecule has 5 heterocycles. The molecule has 2 fully saturated rings. The molecule has 4 aromatic rings. The van der Waals surface area contributed by atoms with Crippen molar-refractivity contribution in [1.82, 2.24) is 29.7 Å². The van der Waals surface area contributed by atoms with Crippen LogP contribution in [0.15, 0.2) is 36.8 Å². The minimum Gasteiger partial charge on any atom is -0.370 e. The van der Waals surface area contributed by atoms with E-state index >= 15 is 0 Å². The topological polar surface area (TPSA) is 81.9 Å². The van der Waals surface area contributed by atoms with Gasteiger partial charge in [-0.1, -0.05) is 0 Å². The number of pyridine rings is 2. The molecule has 0 radical (unpaired) electrons. The van der Waals surface area contributed by atoms with Gasteiger partial charge in [0, 0.05) is 42.7 Å². The lowest BCUT2D eigenvalue weighted by atomic mass is 10.1. The Morgan fingerprint density at radius 1 is 1.03 bits per heavy atom. The third kappa shape index (κ3) is 4.27. The number of ether oxygens (including phenoxy) is 1. The molecule has 1 unspecified atom stereocenters. The van der Waals surface area contributed by atoms with Crippen LogP contribution in [0, 0.1) is 13.8 Å². The molecule has 2 aliphatic rings. The molecule has 11 heteroatoms. The molecule has 1 aliphatic carbocycles. The molecule has 0 N–H and O–H groups in total. The van der Waals surface area contributed by atoms with Gasteiger partial charge in [0.2, 0.25) is 0 Å². The van der Waals surface area contributed by atoms with Crippen LogP contribution in [0.2, 0.25) is 0 Å². The maximum Gasteiger partial charge on any atom is 0.433 e. The molecule has 0 bridgehead atoms. The highest BCUT2D eigenvalue weighted by molar-refractivity contribution is 5.91. The molecule has 0 aromatic carbocycles. The SMILES string of the molecule is Cc1nc2cc(N3CCOC(c4cnn(C5CC5)c4)C3)nc(-c3ccc(C(F)(F)F)nc3)c2nc1C. The molecule has 186 valence electrons. The molecule has 1 atom stereocenters. The van der Waals surface area contributed by atoms with Gasteiger partial charge in [-0.15, -0.1) is 0 Å². The second-order valence-corrected chi connectivity index (χ2v) is 9.31. The van der Waals surface area contributed by atoms with Gasteiger partial charge in [0.15, 0.2) is 0 Å². The average Bonchev–Trinajstić information content (AvgIpc) is 3.60. The lowest BCUT2D eigenvalue weighted by Gasteiger charge is -2.33. The number of alkyl halides is 3. The van der Waals surface area contributed by atoms with Crippen molar-refractivity contribution < 1.29 is 17.9 Å². The predicted octanol–water partition coefficient (Wildman–Crippen LogP) is 4.83. The van der Waals surface area contributed by atoms with Crippen molar-refractivity contribution in [3.8, 4) is 11.3 Å². The molecule has 8 nitrogen and oxygen atoms in total. The lowest BCUT2D eigenvalue weighted by Crippen LogP contribution is -2.38. The first-order valence-corrected chi connectivity index (χ1v) is 11.9. The Morgan fingerprint density at radius 3 is 2.56 bits per heavy atom. The molecule has 1 saturated heterocycles. The molecule has 0 spiro atoms. The molecule has 1 saturated carbocycles. The molecule has 0 amide bonds. The largest absolute Gasteiger partial charge is 0.433 e. The third-order valence-corrected chi connectivity index (χ3v) is 6.68. The summed E-state index contributed by atoms with van der Waals surface area (Å²) in [5.74, 6) is 0.665. The standard InChI is InChI=1S/C25H24F3N7O/c1-14-15(2)32-24-19(31-14)9-22(33-23(24)16-3-6-21(29-10-16)25(26,27)28)34-7-8-36-20(13-34)17-11-30-35(12-17)18-4-5-18/h3,6,9-12,18,20H,4-5,7-8,13H2,1-2H3. The van der Waals surface area contributed by atoms with Crippen molar-refractivity contribution in [2.75, 3.05) is 24.6 Å². The Hall–Kier alpha value is -3.60. The van der Waals surface area contributed by atoms with E-state index in [4.69, 9.17) is 14.7 Å². The second kappa shape index (κ2) is 8.51. The van der Waals surface area contributed by atoms with Crippen LogP contribution >= 0.6 is 0 Å². The van der Waals surface area contributed by atoms with Crippen molar-refractivity contribution in [2.45, 2.75) is 45.0 Å². The van der Waals surface area contributed by atoms with Crippen LogP contribution < -0.4 is 4.90 Å². The number of aromatic nitrogens is 6. The number of hydrogen-bond acceptors (Lipinski definition) is 7. The number of halogens is 3. The minimum atomic E-state index is -4.51. The number of aryl methyl sites for hydroxylation is 2. The smallest absolute Gasteiger partial charge is 0.370 e. The molecular formula is C25H24F3N7O. The zero-order chi connectivity index (χ0) is 25.0. The van der Waals surface area contributed by atoms with Gasteiger partial charge >= 0.3 is 6.18 Å². The normalized spacial score (nSPS) is 18.7. The van der Waals surface area contributed by atoms with E-state index < -0.39 is 11.9 Å². The van der Waals surface area contributed by atoms with E-state index in [1.807, 2.05) is 30.8 Å². The summed E-state index contributed by atoms with van der Waals surface area (Å²) in [6, 6.07) is 4.72. The number of fused-ring (bicyclic) bond motifs is 1. The third-order valence-electron chi connectivity index (χ3n) is 6.68. The monoisotopic (exact) mass is 495 g/mol. The Kier molecular flexibility index (Phi) is 5.40. The fourth-order valence-corrected chi connectivity index (χ4v) is 4.40. The zero-order valence-corrected chi connectivity index (χ0v) is 19.8. The van der Waals surface area contributed by atoms with Crippen LogP contribution in [0.25, 0.3) is 22.3 Å². The van der Waals surface area contributed by atoms with E-state index in [2.05, 4.69) is 26.2 Å². The Bertz CT molecular complexity index is 1430. The summed E-state index contributed by atoms with van der Waals surface area (Å²) in [5.41, 5.74) is 3.63. The second-order valence-electron chi connectivity index (χ2n) is 9.31. The summed E-state index contributed by atoms with van der Waals surface area (Å²) in [5, 5.41) is 4.49. The number of hydrogen-bond donors (Lipinski definition) is 0. The van der Waals surface area contributed by atoms with Crippen LogP contribution in [-0.2, 0) is 10.9 Å². The van der Waals surface area contributed by atoms with Gasteiger partial charge in [0.05, 0.1) is 35.8 Å². The molecule has 36 heavy (non-hydrogen) atoms. The van der Waals surface area contributed by atoms with E-state index in [1.54, 1.807) is 0 Å². The fraction of sp³-hybridized carbons (Fsp3) is 0.400. The van der Waals surface area contributed by atoms with E-state index in [0.717, 1.165) is 35.9 Å². The highest BCUT2D eigenvalue weighted by Crippen LogP contribution is 2.36. The van der Waals surface area contributed by atoms with Crippen molar-refractivity contribution >= 4 is 16.9 Å². The number of morpholine rings is 1. The Labute approximate surface area is 205 Å². The fourth-order valence-electron chi connectivity index (χ4n) is 4.40. The summed E-state index contributed by atoms with van der Waals surface area (Å²) in [6.07, 6.45) is 2.74. The first-order chi connectivity index (χ1) is 17.3. The summed E-state index contributed by atoms with van der Waals surface area (Å²) in [4.78, 5) is 20.0. The van der Waals surface area contributed by atoms with Crippen LogP contribution in [0.4, 0.5) is 19.0 Å². The number of anilines is 1. The van der Waals surface area contributed by atoms with Crippen LogP contribution in [0.1, 0.15) is 47.6 Å². The van der Waals surface area contributed by atoms with E-state index in [0.29, 0.717) is 53.8 Å². The Balaban J connectivity index is 1.38. The highest BCUT2D eigenvalue weighted by atomic mass is 19.4. The summed E-state index contributed by atoms with van der Waals surface area (Å²) in [6.45, 7) is 5.42. The maximum atomic E-state index is 13.1. The van der Waals surface area contributed by atoms with Gasteiger partial charge in [0.25, 0.3) is 0 Å². The minimum absolute atomic E-state index is 0.161. The first-order valence-electron chi connectivity index (χ1n) is 11.9. The zero-order valence-electron chi connectivity index (χ0n) is 19.8. The quantitative estimate of drug-likeness (QED) is 0.401. The van der Waals surface area contributed by atoms with Crippen molar-refractivity contribution in [3.63, 3.8) is 0 Å². The van der Waals surface area contributed by atoms with Crippen LogP contribution in [-0.4, -0.2) is 49.4 Å². The van der Waals surface area contributed by atoms with Gasteiger partial charge in [-0.05, 0) is 38.8 Å².